The maximum absolute atomic E-state index is 5.66. The fourth-order valence-electron chi connectivity index (χ4n) is 1.44. The lowest BCUT2D eigenvalue weighted by Gasteiger charge is -2.06. The highest BCUT2D eigenvalue weighted by molar-refractivity contribution is 5.43. The summed E-state index contributed by atoms with van der Waals surface area (Å²) in [4.78, 5) is 4.35. The topological polar surface area (TPSA) is 48.1 Å². The molecule has 0 radical (unpaired) electrons. The van der Waals surface area contributed by atoms with Crippen molar-refractivity contribution in [3.8, 4) is 5.75 Å². The number of hydrogen-bond donors (Lipinski definition) is 1. The van der Waals surface area contributed by atoms with Gasteiger partial charge < -0.3 is 10.5 Å². The summed E-state index contributed by atoms with van der Waals surface area (Å²) in [6, 6.07) is 13.3. The van der Waals surface area contributed by atoms with E-state index < -0.39 is 0 Å². The van der Waals surface area contributed by atoms with Gasteiger partial charge in [0.2, 0.25) is 0 Å². The molecule has 0 bridgehead atoms. The van der Waals surface area contributed by atoms with Crippen LogP contribution in [0.25, 0.3) is 0 Å². The molecule has 0 fully saturated rings. The number of benzene rings is 1. The van der Waals surface area contributed by atoms with Crippen molar-refractivity contribution in [3.05, 3.63) is 53.9 Å². The number of nitrogens with two attached hydrogens (primary N) is 1. The summed E-state index contributed by atoms with van der Waals surface area (Å²) >= 11 is 0. The highest BCUT2D eigenvalue weighted by atomic mass is 16.5. The quantitative estimate of drug-likeness (QED) is 0.799. The van der Waals surface area contributed by atoms with Gasteiger partial charge in [0.15, 0.2) is 0 Å². The summed E-state index contributed by atoms with van der Waals surface area (Å²) in [6.07, 6.45) is 0. The molecule has 16 heavy (non-hydrogen) atoms. The zero-order chi connectivity index (χ0) is 11.4. The summed E-state index contributed by atoms with van der Waals surface area (Å²) in [5.74, 6) is 0.767. The molecule has 3 heteroatoms. The Morgan fingerprint density at radius 3 is 2.75 bits per heavy atom. The maximum Gasteiger partial charge on any atom is 0.130 e. The van der Waals surface area contributed by atoms with Gasteiger partial charge in [0, 0.05) is 17.4 Å². The summed E-state index contributed by atoms with van der Waals surface area (Å²) in [6.45, 7) is 2.43. The Hall–Kier alpha value is -2.03. The van der Waals surface area contributed by atoms with Crippen molar-refractivity contribution in [2.45, 2.75) is 13.5 Å². The van der Waals surface area contributed by atoms with Crippen LogP contribution in [0.2, 0.25) is 0 Å². The van der Waals surface area contributed by atoms with E-state index in [4.69, 9.17) is 10.5 Å². The van der Waals surface area contributed by atoms with Crippen molar-refractivity contribution < 1.29 is 4.74 Å². The molecule has 2 rings (SSSR count). The third-order valence-corrected chi connectivity index (χ3v) is 2.19. The summed E-state index contributed by atoms with van der Waals surface area (Å²) in [7, 11) is 0. The largest absolute Gasteiger partial charge is 0.487 e. The molecule has 0 spiro atoms. The zero-order valence-corrected chi connectivity index (χ0v) is 9.18. The van der Waals surface area contributed by atoms with E-state index in [-0.39, 0.29) is 0 Å². The minimum atomic E-state index is 0.463. The number of aromatic nitrogens is 1. The predicted molar refractivity (Wildman–Crippen MR) is 64.2 cm³/mol. The van der Waals surface area contributed by atoms with E-state index in [0.717, 1.165) is 17.1 Å². The minimum absolute atomic E-state index is 0.463. The number of pyridine rings is 1. The first-order chi connectivity index (χ1) is 7.74. The van der Waals surface area contributed by atoms with E-state index in [1.165, 1.54) is 0 Å². The van der Waals surface area contributed by atoms with Crippen LogP contribution in [0.15, 0.2) is 42.5 Å². The molecule has 0 aliphatic carbocycles. The fourth-order valence-corrected chi connectivity index (χ4v) is 1.44. The van der Waals surface area contributed by atoms with E-state index in [1.807, 2.05) is 43.3 Å². The molecule has 0 atom stereocenters. The van der Waals surface area contributed by atoms with Gasteiger partial charge in [-0.1, -0.05) is 12.1 Å². The van der Waals surface area contributed by atoms with Gasteiger partial charge in [0.05, 0.1) is 5.69 Å². The van der Waals surface area contributed by atoms with Crippen molar-refractivity contribution in [1.82, 2.24) is 4.98 Å². The first-order valence-electron chi connectivity index (χ1n) is 5.15. The number of anilines is 1. The second-order valence-electron chi connectivity index (χ2n) is 3.63. The Morgan fingerprint density at radius 1 is 1.19 bits per heavy atom. The van der Waals surface area contributed by atoms with Gasteiger partial charge in [-0.05, 0) is 31.2 Å². The van der Waals surface area contributed by atoms with E-state index in [1.54, 1.807) is 6.07 Å². The van der Waals surface area contributed by atoms with Crippen molar-refractivity contribution in [2.24, 2.45) is 0 Å². The molecule has 1 heterocycles. The normalized spacial score (nSPS) is 10.1. The van der Waals surface area contributed by atoms with Gasteiger partial charge in [0.25, 0.3) is 0 Å². The number of nitrogens with zero attached hydrogens (tertiary/aromatic N) is 1. The van der Waals surface area contributed by atoms with E-state index in [2.05, 4.69) is 4.98 Å². The number of nitrogen functional groups attached to an aromatic ring is 1. The van der Waals surface area contributed by atoms with Gasteiger partial charge >= 0.3 is 0 Å². The molecule has 1 aromatic heterocycles. The SMILES string of the molecule is Cc1cccc(COc2cccc(N)c2)n1. The number of ether oxygens (including phenoxy) is 1. The van der Waals surface area contributed by atoms with Crippen molar-refractivity contribution in [2.75, 3.05) is 5.73 Å². The molecule has 82 valence electrons. The minimum Gasteiger partial charge on any atom is -0.487 e. The van der Waals surface area contributed by atoms with Crippen LogP contribution in [0.3, 0.4) is 0 Å². The molecule has 3 nitrogen and oxygen atoms in total. The summed E-state index contributed by atoms with van der Waals surface area (Å²) in [5, 5.41) is 0. The third-order valence-electron chi connectivity index (χ3n) is 2.19. The lowest BCUT2D eigenvalue weighted by atomic mass is 10.3. The highest BCUT2D eigenvalue weighted by Crippen LogP contribution is 2.15. The van der Waals surface area contributed by atoms with Crippen LogP contribution in [-0.4, -0.2) is 4.98 Å². The van der Waals surface area contributed by atoms with Gasteiger partial charge in [-0.15, -0.1) is 0 Å². The number of aryl methyl sites for hydroxylation is 1. The standard InChI is InChI=1S/C13H14N2O/c1-10-4-2-6-12(15-10)9-16-13-7-3-5-11(14)8-13/h2-8H,9,14H2,1H3. The highest BCUT2D eigenvalue weighted by Gasteiger charge is 1.97. The molecule has 1 aromatic carbocycles. The Kier molecular flexibility index (Phi) is 3.05. The second kappa shape index (κ2) is 4.66. The molecule has 2 N–H and O–H groups in total. The Morgan fingerprint density at radius 2 is 2.00 bits per heavy atom. The Balaban J connectivity index is 2.02. The Bertz CT molecular complexity index is 437. The Labute approximate surface area is 94.9 Å². The predicted octanol–water partition coefficient (Wildman–Crippen LogP) is 2.55. The maximum atomic E-state index is 5.66. The van der Waals surface area contributed by atoms with Crippen LogP contribution in [0.1, 0.15) is 11.4 Å². The van der Waals surface area contributed by atoms with Crippen LogP contribution >= 0.6 is 0 Å². The molecular weight excluding hydrogens is 200 g/mol. The van der Waals surface area contributed by atoms with Crippen LogP contribution in [0, 0.1) is 6.92 Å². The number of hydrogen-bond acceptors (Lipinski definition) is 3. The summed E-state index contributed by atoms with van der Waals surface area (Å²) in [5.41, 5.74) is 8.27. The smallest absolute Gasteiger partial charge is 0.130 e. The van der Waals surface area contributed by atoms with Crippen LogP contribution in [0.4, 0.5) is 5.69 Å². The first-order valence-corrected chi connectivity index (χ1v) is 5.15. The lowest BCUT2D eigenvalue weighted by molar-refractivity contribution is 0.301. The average Bonchev–Trinajstić information content (AvgIpc) is 2.27. The van der Waals surface area contributed by atoms with Gasteiger partial charge in [0.1, 0.15) is 12.4 Å². The van der Waals surface area contributed by atoms with Crippen LogP contribution in [-0.2, 0) is 6.61 Å². The molecule has 0 aliphatic heterocycles. The van der Waals surface area contributed by atoms with Crippen molar-refractivity contribution >= 4 is 5.69 Å². The summed E-state index contributed by atoms with van der Waals surface area (Å²) < 4.78 is 5.59. The molecule has 0 unspecified atom stereocenters. The van der Waals surface area contributed by atoms with E-state index in [9.17, 15) is 0 Å². The van der Waals surface area contributed by atoms with Gasteiger partial charge in [-0.3, -0.25) is 4.98 Å². The van der Waals surface area contributed by atoms with E-state index >= 15 is 0 Å². The van der Waals surface area contributed by atoms with Crippen molar-refractivity contribution in [1.29, 1.82) is 0 Å². The van der Waals surface area contributed by atoms with Crippen LogP contribution < -0.4 is 10.5 Å². The van der Waals surface area contributed by atoms with Crippen LogP contribution in [0.5, 0.6) is 5.75 Å². The van der Waals surface area contributed by atoms with E-state index in [0.29, 0.717) is 12.3 Å². The number of rotatable bonds is 3. The molecule has 0 aliphatic rings. The van der Waals surface area contributed by atoms with Gasteiger partial charge in [-0.2, -0.15) is 0 Å². The van der Waals surface area contributed by atoms with Gasteiger partial charge in [-0.25, -0.2) is 0 Å². The third kappa shape index (κ3) is 2.73. The molecule has 0 amide bonds. The molecular formula is C13H14N2O. The fraction of sp³-hybridized carbons (Fsp3) is 0.154. The lowest BCUT2D eigenvalue weighted by Crippen LogP contribution is -1.99. The molecule has 2 aromatic rings. The van der Waals surface area contributed by atoms with Crippen molar-refractivity contribution in [3.63, 3.8) is 0 Å². The molecule has 0 saturated heterocycles. The second-order valence-corrected chi connectivity index (χ2v) is 3.63. The monoisotopic (exact) mass is 214 g/mol. The average molecular weight is 214 g/mol. The zero-order valence-electron chi connectivity index (χ0n) is 9.18. The molecule has 0 saturated carbocycles. The first kappa shape index (κ1) is 10.5.